The van der Waals surface area contributed by atoms with Gasteiger partial charge in [-0.3, -0.25) is 0 Å². The normalized spacial score (nSPS) is 11.6. The number of rotatable bonds is 4. The quantitative estimate of drug-likeness (QED) is 0.210. The van der Waals surface area contributed by atoms with Gasteiger partial charge >= 0.3 is 0 Å². The average Bonchev–Trinajstić information content (AvgIpc) is 3.51. The van der Waals surface area contributed by atoms with Crippen molar-refractivity contribution in [3.05, 3.63) is 158 Å². The first-order valence-corrected chi connectivity index (χ1v) is 15.2. The Morgan fingerprint density at radius 1 is 0.378 bits per heavy atom. The lowest BCUT2D eigenvalue weighted by Gasteiger charge is -2.10. The second kappa shape index (κ2) is 10.3. The van der Waals surface area contributed by atoms with Gasteiger partial charge in [-0.1, -0.05) is 140 Å². The summed E-state index contributed by atoms with van der Waals surface area (Å²) in [6, 6.07) is 55.1. The number of hydrogen-bond acceptors (Lipinski definition) is 3. The number of benzene rings is 7. The fraction of sp³-hybridized carbons (Fsp3) is 0. The lowest BCUT2D eigenvalue weighted by Crippen LogP contribution is -1.95. The Kier molecular flexibility index (Phi) is 5.82. The van der Waals surface area contributed by atoms with Crippen LogP contribution in [0.1, 0.15) is 0 Å². The van der Waals surface area contributed by atoms with Gasteiger partial charge in [0.25, 0.3) is 0 Å². The molecule has 0 saturated heterocycles. The monoisotopic (exact) mass is 574 g/mol. The summed E-state index contributed by atoms with van der Waals surface area (Å²) in [6.45, 7) is 0. The minimum absolute atomic E-state index is 0.669. The molecule has 0 saturated carbocycles. The summed E-state index contributed by atoms with van der Waals surface area (Å²) < 4.78 is 6.71. The van der Waals surface area contributed by atoms with E-state index in [0.717, 1.165) is 66.0 Å². The van der Waals surface area contributed by atoms with Crippen molar-refractivity contribution in [2.24, 2.45) is 0 Å². The van der Waals surface area contributed by atoms with Crippen molar-refractivity contribution in [2.75, 3.05) is 0 Å². The summed E-state index contributed by atoms with van der Waals surface area (Å²) in [7, 11) is 0. The summed E-state index contributed by atoms with van der Waals surface area (Å²) >= 11 is 0. The van der Waals surface area contributed by atoms with E-state index >= 15 is 0 Å². The van der Waals surface area contributed by atoms with Crippen LogP contribution in [0.4, 0.5) is 0 Å². The van der Waals surface area contributed by atoms with E-state index in [1.54, 1.807) is 0 Å². The summed E-state index contributed by atoms with van der Waals surface area (Å²) in [5.41, 5.74) is 9.78. The second-order valence-electron chi connectivity index (χ2n) is 11.4. The van der Waals surface area contributed by atoms with Crippen molar-refractivity contribution in [3.63, 3.8) is 0 Å². The third-order valence-electron chi connectivity index (χ3n) is 8.67. The molecule has 0 radical (unpaired) electrons. The molecule has 0 aliphatic rings. The van der Waals surface area contributed by atoms with Crippen LogP contribution in [0.5, 0.6) is 0 Å². The Labute approximate surface area is 260 Å². The van der Waals surface area contributed by atoms with Crippen molar-refractivity contribution < 1.29 is 4.42 Å². The van der Waals surface area contributed by atoms with Gasteiger partial charge in [0.2, 0.25) is 0 Å². The van der Waals surface area contributed by atoms with Crippen LogP contribution < -0.4 is 0 Å². The molecule has 2 aromatic heterocycles. The maximum atomic E-state index is 6.71. The standard InChI is InChI=1S/C42H26N2O/c1-2-11-27(12-3-1)30-16-8-17-31(25-30)32-18-9-19-33(26-32)42-43-38(36-22-10-15-28-13-4-6-20-34(28)36)41-39(44-42)37-24-23-29-14-5-7-21-35(29)40(37)45-41/h1-26H. The fourth-order valence-corrected chi connectivity index (χ4v) is 6.46. The summed E-state index contributed by atoms with van der Waals surface area (Å²) in [5.74, 6) is 0.669. The molecular formula is C42H26N2O. The number of hydrogen-bond donors (Lipinski definition) is 0. The lowest BCUT2D eigenvalue weighted by molar-refractivity contribution is 0.671. The van der Waals surface area contributed by atoms with Crippen LogP contribution in [-0.4, -0.2) is 9.97 Å². The van der Waals surface area contributed by atoms with E-state index in [9.17, 15) is 0 Å². The Morgan fingerprint density at radius 2 is 0.956 bits per heavy atom. The zero-order valence-corrected chi connectivity index (χ0v) is 24.3. The Morgan fingerprint density at radius 3 is 1.76 bits per heavy atom. The van der Waals surface area contributed by atoms with Crippen molar-refractivity contribution in [2.45, 2.75) is 0 Å². The van der Waals surface area contributed by atoms with E-state index in [2.05, 4.69) is 152 Å². The van der Waals surface area contributed by atoms with E-state index in [-0.39, 0.29) is 0 Å². The van der Waals surface area contributed by atoms with Crippen LogP contribution in [-0.2, 0) is 0 Å². The van der Waals surface area contributed by atoms with Crippen LogP contribution in [0.2, 0.25) is 0 Å². The molecule has 0 spiro atoms. The van der Waals surface area contributed by atoms with Crippen LogP contribution in [0.3, 0.4) is 0 Å². The van der Waals surface area contributed by atoms with Crippen LogP contribution in [0.25, 0.3) is 88.5 Å². The van der Waals surface area contributed by atoms with Gasteiger partial charge in [-0.15, -0.1) is 0 Å². The summed E-state index contributed by atoms with van der Waals surface area (Å²) in [5, 5.41) is 5.47. The molecule has 0 unspecified atom stereocenters. The smallest absolute Gasteiger partial charge is 0.180 e. The number of fused-ring (bicyclic) bond motifs is 6. The molecule has 0 bridgehead atoms. The average molecular weight is 575 g/mol. The second-order valence-corrected chi connectivity index (χ2v) is 11.4. The minimum atomic E-state index is 0.669. The predicted octanol–water partition coefficient (Wildman–Crippen LogP) is 11.4. The molecule has 3 nitrogen and oxygen atoms in total. The molecule has 45 heavy (non-hydrogen) atoms. The molecule has 2 heterocycles. The molecule has 0 atom stereocenters. The first-order chi connectivity index (χ1) is 22.3. The van der Waals surface area contributed by atoms with Gasteiger partial charge in [-0.05, 0) is 56.6 Å². The first kappa shape index (κ1) is 25.4. The highest BCUT2D eigenvalue weighted by molar-refractivity contribution is 6.16. The van der Waals surface area contributed by atoms with Crippen LogP contribution in [0, 0.1) is 0 Å². The highest BCUT2D eigenvalue weighted by atomic mass is 16.3. The van der Waals surface area contributed by atoms with Gasteiger partial charge in [0.1, 0.15) is 16.8 Å². The van der Waals surface area contributed by atoms with Crippen molar-refractivity contribution in [3.8, 4) is 44.9 Å². The van der Waals surface area contributed by atoms with Gasteiger partial charge in [-0.2, -0.15) is 0 Å². The van der Waals surface area contributed by atoms with Crippen molar-refractivity contribution in [1.29, 1.82) is 0 Å². The molecule has 9 rings (SSSR count). The molecule has 0 amide bonds. The molecule has 9 aromatic rings. The summed E-state index contributed by atoms with van der Waals surface area (Å²) in [6.07, 6.45) is 0. The van der Waals surface area contributed by atoms with E-state index in [1.807, 2.05) is 6.07 Å². The molecule has 0 fully saturated rings. The van der Waals surface area contributed by atoms with Gasteiger partial charge in [0, 0.05) is 21.9 Å². The Hall–Kier alpha value is -6.06. The largest absolute Gasteiger partial charge is 0.451 e. The Bertz CT molecular complexity index is 2540. The molecule has 210 valence electrons. The lowest BCUT2D eigenvalue weighted by atomic mass is 9.97. The SMILES string of the molecule is c1ccc(-c2cccc(-c3cccc(-c4nc(-c5cccc6ccccc56)c5oc6c7ccccc7ccc6c5n4)c3)c2)cc1. The minimum Gasteiger partial charge on any atom is -0.451 e. The van der Waals surface area contributed by atoms with Gasteiger partial charge in [0.15, 0.2) is 11.4 Å². The highest BCUT2D eigenvalue weighted by Crippen LogP contribution is 2.40. The maximum Gasteiger partial charge on any atom is 0.180 e. The number of furan rings is 1. The number of nitrogens with zero attached hydrogens (tertiary/aromatic N) is 2. The molecular weight excluding hydrogens is 548 g/mol. The van der Waals surface area contributed by atoms with E-state index in [0.29, 0.717) is 11.4 Å². The zero-order chi connectivity index (χ0) is 29.7. The van der Waals surface area contributed by atoms with E-state index in [1.165, 1.54) is 11.1 Å². The first-order valence-electron chi connectivity index (χ1n) is 15.2. The van der Waals surface area contributed by atoms with E-state index < -0.39 is 0 Å². The maximum absolute atomic E-state index is 6.71. The Balaban J connectivity index is 1.28. The van der Waals surface area contributed by atoms with Gasteiger partial charge in [-0.25, -0.2) is 9.97 Å². The van der Waals surface area contributed by atoms with Crippen LogP contribution in [0.15, 0.2) is 162 Å². The van der Waals surface area contributed by atoms with Gasteiger partial charge < -0.3 is 4.42 Å². The van der Waals surface area contributed by atoms with Crippen LogP contribution >= 0.6 is 0 Å². The van der Waals surface area contributed by atoms with E-state index in [4.69, 9.17) is 14.4 Å². The zero-order valence-electron chi connectivity index (χ0n) is 24.3. The molecule has 0 aliphatic heterocycles. The molecule has 0 aliphatic carbocycles. The molecule has 0 N–H and O–H groups in total. The third kappa shape index (κ3) is 4.29. The van der Waals surface area contributed by atoms with Crippen molar-refractivity contribution in [1.82, 2.24) is 9.97 Å². The third-order valence-corrected chi connectivity index (χ3v) is 8.67. The predicted molar refractivity (Wildman–Crippen MR) is 186 cm³/mol. The molecule has 3 heteroatoms. The van der Waals surface area contributed by atoms with Crippen molar-refractivity contribution >= 4 is 43.6 Å². The summed E-state index contributed by atoms with van der Waals surface area (Å²) in [4.78, 5) is 10.5. The van der Waals surface area contributed by atoms with Gasteiger partial charge in [0.05, 0.1) is 0 Å². The topological polar surface area (TPSA) is 38.9 Å². The highest BCUT2D eigenvalue weighted by Gasteiger charge is 2.21. The molecule has 7 aromatic carbocycles. The fourth-order valence-electron chi connectivity index (χ4n) is 6.46. The number of aromatic nitrogens is 2.